The first-order valence-corrected chi connectivity index (χ1v) is 7.29. The highest BCUT2D eigenvalue weighted by atomic mass is 32.2. The molecule has 0 amide bonds. The molecule has 1 heterocycles. The summed E-state index contributed by atoms with van der Waals surface area (Å²) in [5.41, 5.74) is 1.16. The molecule has 1 fully saturated rings. The molecule has 0 aliphatic carbocycles. The molecule has 0 spiro atoms. The molecule has 5 nitrogen and oxygen atoms in total. The fourth-order valence-electron chi connectivity index (χ4n) is 1.94. The summed E-state index contributed by atoms with van der Waals surface area (Å²) in [5.74, 6) is 1.22. The molecule has 104 valence electrons. The molecule has 1 aromatic carbocycles. The monoisotopic (exact) mass is 289 g/mol. The second-order valence-electron chi connectivity index (χ2n) is 4.32. The van der Waals surface area contributed by atoms with Crippen molar-refractivity contribution in [2.75, 3.05) is 18.8 Å². The first-order valence-electron chi connectivity index (χ1n) is 6.31. The number of amidine groups is 1. The average molecular weight is 289 g/mol. The Balaban J connectivity index is 1.89. The summed E-state index contributed by atoms with van der Waals surface area (Å²) < 4.78 is 4.99. The molecule has 0 unspecified atom stereocenters. The standard InChI is InChI=1S/C14H15N3O2S/c1-11(18)19-13-4-2-12(3-5-13)6-7-17-8-9-20-14(17)16-10-15/h2-5H,6-9H2,1H3. The van der Waals surface area contributed by atoms with Gasteiger partial charge in [0.2, 0.25) is 6.19 Å². The van der Waals surface area contributed by atoms with Crippen molar-refractivity contribution in [2.45, 2.75) is 13.3 Å². The van der Waals surface area contributed by atoms with E-state index in [0.29, 0.717) is 5.75 Å². The summed E-state index contributed by atoms with van der Waals surface area (Å²) >= 11 is 1.62. The smallest absolute Gasteiger partial charge is 0.308 e. The zero-order valence-corrected chi connectivity index (χ0v) is 12.0. The van der Waals surface area contributed by atoms with E-state index >= 15 is 0 Å². The first-order chi connectivity index (χ1) is 9.69. The maximum Gasteiger partial charge on any atom is 0.308 e. The van der Waals surface area contributed by atoms with E-state index in [-0.39, 0.29) is 5.97 Å². The molecule has 1 aliphatic rings. The van der Waals surface area contributed by atoms with Gasteiger partial charge in [-0.25, -0.2) is 0 Å². The second-order valence-corrected chi connectivity index (χ2v) is 5.38. The first kappa shape index (κ1) is 14.4. The van der Waals surface area contributed by atoms with Gasteiger partial charge in [0, 0.05) is 25.8 Å². The molecule has 2 rings (SSSR count). The minimum Gasteiger partial charge on any atom is -0.427 e. The summed E-state index contributed by atoms with van der Waals surface area (Å²) in [4.78, 5) is 16.8. The van der Waals surface area contributed by atoms with Crippen molar-refractivity contribution in [1.82, 2.24) is 4.90 Å². The van der Waals surface area contributed by atoms with Crippen LogP contribution in [0.15, 0.2) is 29.3 Å². The molecular formula is C14H15N3O2S. The summed E-state index contributed by atoms with van der Waals surface area (Å²) in [7, 11) is 0. The van der Waals surface area contributed by atoms with Gasteiger partial charge in [0.15, 0.2) is 5.17 Å². The molecule has 20 heavy (non-hydrogen) atoms. The fraction of sp³-hybridized carbons (Fsp3) is 0.357. The highest BCUT2D eigenvalue weighted by Gasteiger charge is 2.18. The number of hydrogen-bond donors (Lipinski definition) is 0. The third-order valence-corrected chi connectivity index (χ3v) is 3.86. The van der Waals surface area contributed by atoms with Crippen molar-refractivity contribution in [1.29, 1.82) is 5.26 Å². The van der Waals surface area contributed by atoms with E-state index in [1.165, 1.54) is 6.92 Å². The zero-order valence-electron chi connectivity index (χ0n) is 11.2. The van der Waals surface area contributed by atoms with E-state index in [4.69, 9.17) is 10.00 Å². The van der Waals surface area contributed by atoms with Gasteiger partial charge in [-0.05, 0) is 24.1 Å². The van der Waals surface area contributed by atoms with Crippen molar-refractivity contribution in [3.63, 3.8) is 0 Å². The number of nitriles is 1. The highest BCUT2D eigenvalue weighted by molar-refractivity contribution is 8.14. The van der Waals surface area contributed by atoms with Crippen molar-refractivity contribution in [3.8, 4) is 11.9 Å². The Morgan fingerprint density at radius 3 is 2.90 bits per heavy atom. The van der Waals surface area contributed by atoms with Crippen molar-refractivity contribution >= 4 is 22.9 Å². The third kappa shape index (κ3) is 4.00. The number of thioether (sulfide) groups is 1. The number of rotatable bonds is 4. The predicted molar refractivity (Wildman–Crippen MR) is 78.5 cm³/mol. The van der Waals surface area contributed by atoms with Crippen LogP contribution in [0, 0.1) is 11.5 Å². The molecule has 0 saturated carbocycles. The lowest BCUT2D eigenvalue weighted by atomic mass is 10.1. The highest BCUT2D eigenvalue weighted by Crippen LogP contribution is 2.19. The Bertz CT molecular complexity index is 549. The Labute approximate surface area is 122 Å². The largest absolute Gasteiger partial charge is 0.427 e. The molecule has 1 saturated heterocycles. The summed E-state index contributed by atoms with van der Waals surface area (Å²) in [5, 5.41) is 9.42. The Hall–Kier alpha value is -2.00. The van der Waals surface area contributed by atoms with Crippen LogP contribution in [0.4, 0.5) is 0 Å². The van der Waals surface area contributed by atoms with E-state index in [1.54, 1.807) is 23.9 Å². The Morgan fingerprint density at radius 2 is 2.25 bits per heavy atom. The number of carbonyl (C=O) groups excluding carboxylic acids is 1. The van der Waals surface area contributed by atoms with Crippen molar-refractivity contribution in [2.24, 2.45) is 4.99 Å². The number of hydrogen-bond acceptors (Lipinski definition) is 5. The molecule has 0 aromatic heterocycles. The van der Waals surface area contributed by atoms with Gasteiger partial charge >= 0.3 is 5.97 Å². The number of aliphatic imine (C=N–C) groups is 1. The number of benzene rings is 1. The van der Waals surface area contributed by atoms with Gasteiger partial charge in [-0.3, -0.25) is 4.79 Å². The van der Waals surface area contributed by atoms with Gasteiger partial charge in [0.05, 0.1) is 0 Å². The van der Waals surface area contributed by atoms with Crippen LogP contribution in [0.5, 0.6) is 5.75 Å². The normalized spacial score (nSPS) is 16.2. The summed E-state index contributed by atoms with van der Waals surface area (Å²) in [6, 6.07) is 7.48. The predicted octanol–water partition coefficient (Wildman–Crippen LogP) is 2.04. The van der Waals surface area contributed by atoms with E-state index < -0.39 is 0 Å². The van der Waals surface area contributed by atoms with Crippen LogP contribution in [0.1, 0.15) is 12.5 Å². The van der Waals surface area contributed by atoms with Crippen LogP contribution < -0.4 is 4.74 Å². The minimum absolute atomic E-state index is 0.316. The van der Waals surface area contributed by atoms with Gasteiger partial charge in [-0.1, -0.05) is 23.9 Å². The van der Waals surface area contributed by atoms with Crippen LogP contribution >= 0.6 is 11.8 Å². The van der Waals surface area contributed by atoms with E-state index in [9.17, 15) is 4.79 Å². The maximum absolute atomic E-state index is 10.8. The zero-order chi connectivity index (χ0) is 14.4. The minimum atomic E-state index is -0.316. The van der Waals surface area contributed by atoms with Gasteiger partial charge in [-0.2, -0.15) is 5.26 Å². The molecule has 0 N–H and O–H groups in total. The van der Waals surface area contributed by atoms with E-state index in [2.05, 4.69) is 9.89 Å². The lowest BCUT2D eigenvalue weighted by Gasteiger charge is -2.16. The molecule has 0 bridgehead atoms. The van der Waals surface area contributed by atoms with Crippen molar-refractivity contribution in [3.05, 3.63) is 29.8 Å². The number of nitrogens with zero attached hydrogens (tertiary/aromatic N) is 3. The lowest BCUT2D eigenvalue weighted by molar-refractivity contribution is -0.131. The fourth-order valence-corrected chi connectivity index (χ4v) is 2.91. The molecule has 0 radical (unpaired) electrons. The summed E-state index contributed by atoms with van der Waals surface area (Å²) in [6.07, 6.45) is 2.71. The Morgan fingerprint density at radius 1 is 1.50 bits per heavy atom. The number of esters is 1. The van der Waals surface area contributed by atoms with Crippen LogP contribution in [-0.2, 0) is 11.2 Å². The molecular weight excluding hydrogens is 274 g/mol. The quantitative estimate of drug-likeness (QED) is 0.482. The molecule has 0 atom stereocenters. The molecule has 1 aromatic rings. The van der Waals surface area contributed by atoms with Crippen LogP contribution in [0.3, 0.4) is 0 Å². The SMILES string of the molecule is CC(=O)Oc1ccc(CCN2CCSC2=NC#N)cc1. The second kappa shape index (κ2) is 6.96. The van der Waals surface area contributed by atoms with Gasteiger partial charge < -0.3 is 9.64 Å². The average Bonchev–Trinajstić information content (AvgIpc) is 2.85. The third-order valence-electron chi connectivity index (χ3n) is 2.86. The molecule has 6 heteroatoms. The topological polar surface area (TPSA) is 65.7 Å². The van der Waals surface area contributed by atoms with Crippen LogP contribution in [0.2, 0.25) is 0 Å². The lowest BCUT2D eigenvalue weighted by Crippen LogP contribution is -2.26. The summed E-state index contributed by atoms with van der Waals surface area (Å²) in [6.45, 7) is 3.14. The van der Waals surface area contributed by atoms with Gasteiger partial charge in [-0.15, -0.1) is 4.99 Å². The van der Waals surface area contributed by atoms with Gasteiger partial charge in [0.25, 0.3) is 0 Å². The van der Waals surface area contributed by atoms with Crippen LogP contribution in [-0.4, -0.2) is 34.9 Å². The number of ether oxygens (including phenoxy) is 1. The van der Waals surface area contributed by atoms with E-state index in [1.807, 2.05) is 18.3 Å². The maximum atomic E-state index is 10.8. The number of carbonyl (C=O) groups is 1. The Kier molecular flexibility index (Phi) is 5.02. The van der Waals surface area contributed by atoms with E-state index in [0.717, 1.165) is 36.0 Å². The molecule has 1 aliphatic heterocycles. The van der Waals surface area contributed by atoms with Crippen molar-refractivity contribution < 1.29 is 9.53 Å². The van der Waals surface area contributed by atoms with Gasteiger partial charge in [0.1, 0.15) is 5.75 Å². The van der Waals surface area contributed by atoms with Crippen LogP contribution in [0.25, 0.3) is 0 Å².